The van der Waals surface area contributed by atoms with E-state index in [0.29, 0.717) is 30.2 Å². The Morgan fingerprint density at radius 2 is 2.08 bits per heavy atom. The van der Waals surface area contributed by atoms with Gasteiger partial charge in [-0.15, -0.1) is 0 Å². The highest BCUT2D eigenvalue weighted by Crippen LogP contribution is 2.20. The zero-order chi connectivity index (χ0) is 18.1. The lowest BCUT2D eigenvalue weighted by Crippen LogP contribution is -2.28. The fourth-order valence-electron chi connectivity index (χ4n) is 2.06. The summed E-state index contributed by atoms with van der Waals surface area (Å²) in [5.41, 5.74) is 1.77. The number of rotatable bonds is 7. The van der Waals surface area contributed by atoms with Crippen LogP contribution in [-0.4, -0.2) is 35.1 Å². The van der Waals surface area contributed by atoms with Gasteiger partial charge in [-0.25, -0.2) is 14.6 Å². The molecule has 0 spiro atoms. The summed E-state index contributed by atoms with van der Waals surface area (Å²) >= 11 is 0. The van der Waals surface area contributed by atoms with Gasteiger partial charge in [-0.1, -0.05) is 6.07 Å². The van der Waals surface area contributed by atoms with E-state index in [1.807, 2.05) is 19.1 Å². The predicted molar refractivity (Wildman–Crippen MR) is 94.5 cm³/mol. The molecule has 2 aromatic rings. The number of nitrogens with zero attached hydrogens (tertiary/aromatic N) is 2. The number of urea groups is 1. The van der Waals surface area contributed by atoms with Crippen LogP contribution in [0.25, 0.3) is 0 Å². The van der Waals surface area contributed by atoms with Gasteiger partial charge in [-0.2, -0.15) is 0 Å². The fourth-order valence-corrected chi connectivity index (χ4v) is 2.06. The maximum atomic E-state index is 12.1. The highest BCUT2D eigenvalue weighted by molar-refractivity contribution is 5.97. The van der Waals surface area contributed by atoms with Crippen LogP contribution in [0.5, 0.6) is 0 Å². The van der Waals surface area contributed by atoms with Crippen molar-refractivity contribution in [3.05, 3.63) is 47.9 Å². The smallest absolute Gasteiger partial charge is 0.341 e. The van der Waals surface area contributed by atoms with Gasteiger partial charge in [-0.05, 0) is 25.5 Å². The highest BCUT2D eigenvalue weighted by Gasteiger charge is 2.15. The topological polar surface area (TPSA) is 105 Å². The van der Waals surface area contributed by atoms with Gasteiger partial charge in [0.25, 0.3) is 0 Å². The molecule has 0 aliphatic carbocycles. The molecule has 0 saturated heterocycles. The van der Waals surface area contributed by atoms with Gasteiger partial charge in [0.15, 0.2) is 0 Å². The van der Waals surface area contributed by atoms with Gasteiger partial charge < -0.3 is 15.4 Å². The van der Waals surface area contributed by atoms with Crippen LogP contribution in [0.2, 0.25) is 0 Å². The van der Waals surface area contributed by atoms with E-state index in [2.05, 4.69) is 25.9 Å². The van der Waals surface area contributed by atoms with Crippen molar-refractivity contribution in [2.45, 2.75) is 20.4 Å². The van der Waals surface area contributed by atoms with Crippen LogP contribution in [-0.2, 0) is 11.3 Å². The minimum Gasteiger partial charge on any atom is -0.462 e. The van der Waals surface area contributed by atoms with Crippen molar-refractivity contribution in [1.29, 1.82) is 0 Å². The summed E-state index contributed by atoms with van der Waals surface area (Å²) in [7, 11) is 0. The maximum Gasteiger partial charge on any atom is 0.341 e. The number of amides is 2. The average molecular weight is 343 g/mol. The highest BCUT2D eigenvalue weighted by atomic mass is 16.5. The SMILES string of the molecule is CCNC(=O)Nc1cc(NCc2cccnc2)c(C(=O)OCC)cn1. The van der Waals surface area contributed by atoms with E-state index in [-0.39, 0.29) is 12.6 Å². The van der Waals surface area contributed by atoms with E-state index in [9.17, 15) is 9.59 Å². The summed E-state index contributed by atoms with van der Waals surface area (Å²) < 4.78 is 5.05. The van der Waals surface area contributed by atoms with Crippen molar-refractivity contribution < 1.29 is 14.3 Å². The Morgan fingerprint density at radius 3 is 2.76 bits per heavy atom. The molecule has 0 radical (unpaired) electrons. The lowest BCUT2D eigenvalue weighted by Gasteiger charge is -2.13. The quantitative estimate of drug-likeness (QED) is 0.667. The van der Waals surface area contributed by atoms with E-state index in [1.165, 1.54) is 6.20 Å². The number of aromatic nitrogens is 2. The molecule has 0 aliphatic heterocycles. The number of esters is 1. The molecule has 25 heavy (non-hydrogen) atoms. The number of anilines is 2. The molecule has 0 bridgehead atoms. The van der Waals surface area contributed by atoms with Crippen molar-refractivity contribution in [3.63, 3.8) is 0 Å². The van der Waals surface area contributed by atoms with Crippen LogP contribution >= 0.6 is 0 Å². The Balaban J connectivity index is 2.20. The van der Waals surface area contributed by atoms with Crippen molar-refractivity contribution in [3.8, 4) is 0 Å². The van der Waals surface area contributed by atoms with Gasteiger partial charge in [0, 0.05) is 37.7 Å². The zero-order valence-corrected chi connectivity index (χ0v) is 14.2. The molecule has 0 saturated carbocycles. The second-order valence-corrected chi connectivity index (χ2v) is 5.03. The Labute approximate surface area is 146 Å². The van der Waals surface area contributed by atoms with Crippen molar-refractivity contribution in [1.82, 2.24) is 15.3 Å². The Morgan fingerprint density at radius 1 is 1.24 bits per heavy atom. The maximum absolute atomic E-state index is 12.1. The molecule has 2 heterocycles. The lowest BCUT2D eigenvalue weighted by molar-refractivity contribution is 0.0527. The third-order valence-corrected chi connectivity index (χ3v) is 3.18. The molecular weight excluding hydrogens is 322 g/mol. The Kier molecular flexibility index (Phi) is 6.70. The number of nitrogens with one attached hydrogen (secondary N) is 3. The van der Waals surface area contributed by atoms with E-state index in [0.717, 1.165) is 5.56 Å². The number of carbonyl (C=O) groups excluding carboxylic acids is 2. The largest absolute Gasteiger partial charge is 0.462 e. The molecule has 2 rings (SSSR count). The van der Waals surface area contributed by atoms with Gasteiger partial charge >= 0.3 is 12.0 Å². The number of hydrogen-bond donors (Lipinski definition) is 3. The summed E-state index contributed by atoms with van der Waals surface area (Å²) in [5, 5.41) is 8.39. The minimum atomic E-state index is -0.478. The first kappa shape index (κ1) is 18.2. The second-order valence-electron chi connectivity index (χ2n) is 5.03. The van der Waals surface area contributed by atoms with Crippen LogP contribution < -0.4 is 16.0 Å². The van der Waals surface area contributed by atoms with E-state index < -0.39 is 5.97 Å². The van der Waals surface area contributed by atoms with Gasteiger partial charge in [0.2, 0.25) is 0 Å². The Hall–Kier alpha value is -3.16. The average Bonchev–Trinajstić information content (AvgIpc) is 2.61. The van der Waals surface area contributed by atoms with Crippen molar-refractivity contribution in [2.75, 3.05) is 23.8 Å². The molecule has 0 fully saturated rings. The van der Waals surface area contributed by atoms with Crippen LogP contribution in [0.1, 0.15) is 29.8 Å². The zero-order valence-electron chi connectivity index (χ0n) is 14.2. The third kappa shape index (κ3) is 5.45. The normalized spacial score (nSPS) is 10.0. The third-order valence-electron chi connectivity index (χ3n) is 3.18. The van der Waals surface area contributed by atoms with E-state index >= 15 is 0 Å². The molecule has 0 aromatic carbocycles. The van der Waals surface area contributed by atoms with Crippen LogP contribution in [0.15, 0.2) is 36.8 Å². The molecular formula is C17H21N5O3. The van der Waals surface area contributed by atoms with Gasteiger partial charge in [0.05, 0.1) is 12.3 Å². The summed E-state index contributed by atoms with van der Waals surface area (Å²) in [5.74, 6) is -0.152. The summed E-state index contributed by atoms with van der Waals surface area (Å²) in [4.78, 5) is 31.9. The first-order valence-electron chi connectivity index (χ1n) is 7.98. The molecule has 8 nitrogen and oxygen atoms in total. The predicted octanol–water partition coefficient (Wildman–Crippen LogP) is 2.41. The van der Waals surface area contributed by atoms with Crippen LogP contribution in [0, 0.1) is 0 Å². The molecule has 8 heteroatoms. The van der Waals surface area contributed by atoms with Crippen molar-refractivity contribution >= 4 is 23.5 Å². The molecule has 3 N–H and O–H groups in total. The summed E-state index contributed by atoms with van der Waals surface area (Å²) in [6.45, 7) is 4.78. The standard InChI is InChI=1S/C17H21N5O3/c1-3-19-17(24)22-15-8-14(13(11-21-15)16(23)25-4-2)20-10-12-6-5-7-18-9-12/h5-9,11H,3-4,10H2,1-2H3,(H3,19,20,21,22,24). The van der Waals surface area contributed by atoms with Crippen LogP contribution in [0.3, 0.4) is 0 Å². The number of pyridine rings is 2. The molecule has 0 unspecified atom stereocenters. The first-order chi connectivity index (χ1) is 12.1. The molecule has 132 valence electrons. The number of ether oxygens (including phenoxy) is 1. The van der Waals surface area contributed by atoms with Gasteiger partial charge in [-0.3, -0.25) is 10.3 Å². The molecule has 2 amide bonds. The fraction of sp³-hybridized carbons (Fsp3) is 0.294. The summed E-state index contributed by atoms with van der Waals surface area (Å²) in [6, 6.07) is 4.98. The van der Waals surface area contributed by atoms with Crippen LogP contribution in [0.4, 0.5) is 16.3 Å². The first-order valence-corrected chi connectivity index (χ1v) is 7.98. The summed E-state index contributed by atoms with van der Waals surface area (Å²) in [6.07, 6.45) is 4.80. The van der Waals surface area contributed by atoms with E-state index in [4.69, 9.17) is 4.74 Å². The van der Waals surface area contributed by atoms with E-state index in [1.54, 1.807) is 25.4 Å². The Bertz CT molecular complexity index is 721. The van der Waals surface area contributed by atoms with Gasteiger partial charge in [0.1, 0.15) is 11.4 Å². The second kappa shape index (κ2) is 9.21. The number of carbonyl (C=O) groups is 2. The van der Waals surface area contributed by atoms with Crippen molar-refractivity contribution in [2.24, 2.45) is 0 Å². The lowest BCUT2D eigenvalue weighted by atomic mass is 10.2. The molecule has 0 atom stereocenters. The monoisotopic (exact) mass is 343 g/mol. The molecule has 0 aliphatic rings. The number of hydrogen-bond acceptors (Lipinski definition) is 6. The molecule has 2 aromatic heterocycles. The minimum absolute atomic E-state index is 0.264.